The van der Waals surface area contributed by atoms with Crippen molar-refractivity contribution in [1.29, 1.82) is 0 Å². The van der Waals surface area contributed by atoms with E-state index in [4.69, 9.17) is 9.97 Å². The molecule has 2 heterocycles. The first kappa shape index (κ1) is 35.1. The molecule has 0 aliphatic carbocycles. The second kappa shape index (κ2) is 19.2. The van der Waals surface area contributed by atoms with E-state index in [0.29, 0.717) is 11.8 Å². The average Bonchev–Trinajstić information content (AvgIpc) is 3.30. The predicted molar refractivity (Wildman–Crippen MR) is 171 cm³/mol. The molecule has 0 radical (unpaired) electrons. The predicted octanol–water partition coefficient (Wildman–Crippen LogP) is 11.2. The van der Waals surface area contributed by atoms with Crippen LogP contribution in [0.5, 0.6) is 0 Å². The lowest BCUT2D eigenvalue weighted by molar-refractivity contribution is 0.662. The maximum absolute atomic E-state index is 5.23. The Morgan fingerprint density at radius 2 is 0.868 bits per heavy atom. The van der Waals surface area contributed by atoms with Crippen molar-refractivity contribution < 1.29 is 0 Å². The summed E-state index contributed by atoms with van der Waals surface area (Å²) in [5.41, 5.74) is 4.51. The molecule has 0 amide bonds. The van der Waals surface area contributed by atoms with Gasteiger partial charge in [0.1, 0.15) is 6.17 Å². The smallest absolute Gasteiger partial charge is 0.178 e. The highest BCUT2D eigenvalue weighted by atomic mass is 15.5. The number of hydrogen-bond donors (Lipinski definition) is 0. The molecule has 0 fully saturated rings. The van der Waals surface area contributed by atoms with Gasteiger partial charge >= 0.3 is 0 Å². The summed E-state index contributed by atoms with van der Waals surface area (Å²) >= 11 is 0. The molecular weight excluding hydrogens is 464 g/mol. The Morgan fingerprint density at radius 3 is 1.11 bits per heavy atom. The second-order valence-corrected chi connectivity index (χ2v) is 8.96. The lowest BCUT2D eigenvalue weighted by Gasteiger charge is -2.31. The van der Waals surface area contributed by atoms with Crippen molar-refractivity contribution in [1.82, 2.24) is 9.97 Å². The lowest BCUT2D eigenvalue weighted by Crippen LogP contribution is -2.37. The number of fused-ring (bicyclic) bond motifs is 1. The summed E-state index contributed by atoms with van der Waals surface area (Å²) < 4.78 is 0. The van der Waals surface area contributed by atoms with Crippen LogP contribution in [0.4, 0.5) is 23.0 Å². The molecule has 4 rings (SSSR count). The van der Waals surface area contributed by atoms with Gasteiger partial charge < -0.3 is 9.80 Å². The molecule has 212 valence electrons. The Morgan fingerprint density at radius 1 is 0.579 bits per heavy atom. The van der Waals surface area contributed by atoms with Crippen molar-refractivity contribution in [3.05, 3.63) is 72.1 Å². The zero-order valence-corrected chi connectivity index (χ0v) is 26.7. The van der Waals surface area contributed by atoms with Gasteiger partial charge in [0.2, 0.25) is 0 Å². The standard InChI is InChI=1S/C25H30N4.C3H8.3C2H6/c1-6-21-28(19-13-9-7-10-14-19)24-25(29(21)20-15-11-8-12-16-20)27-23(18(4)5)22(26-24)17(2)3;1-3-2;3*1-2/h7-18,21H,6H2,1-5H3;3H2,1-2H3;3*1-2H3. The zero-order chi connectivity index (χ0) is 29.3. The molecule has 0 bridgehead atoms. The van der Waals surface area contributed by atoms with Gasteiger partial charge in [0.15, 0.2) is 11.6 Å². The Balaban J connectivity index is 0.00000137. The Kier molecular flexibility index (Phi) is 17.8. The van der Waals surface area contributed by atoms with E-state index in [2.05, 4.69) is 119 Å². The first-order chi connectivity index (χ1) is 18.4. The van der Waals surface area contributed by atoms with E-state index in [1.54, 1.807) is 0 Å². The number of aromatic nitrogens is 2. The van der Waals surface area contributed by atoms with E-state index < -0.39 is 0 Å². The van der Waals surface area contributed by atoms with Crippen molar-refractivity contribution in [3.63, 3.8) is 0 Å². The summed E-state index contributed by atoms with van der Waals surface area (Å²) in [5.74, 6) is 2.57. The molecule has 1 aromatic heterocycles. The molecule has 38 heavy (non-hydrogen) atoms. The fraction of sp³-hybridized carbons (Fsp3) is 0.529. The number of anilines is 4. The molecule has 4 heteroatoms. The van der Waals surface area contributed by atoms with Crippen LogP contribution in [0.2, 0.25) is 0 Å². The van der Waals surface area contributed by atoms with Gasteiger partial charge in [-0.25, -0.2) is 9.97 Å². The number of para-hydroxylation sites is 2. The molecule has 0 spiro atoms. The normalized spacial score (nSPS) is 11.8. The fourth-order valence-electron chi connectivity index (χ4n) is 4.14. The van der Waals surface area contributed by atoms with Gasteiger partial charge in [-0.3, -0.25) is 0 Å². The van der Waals surface area contributed by atoms with Crippen LogP contribution in [0.15, 0.2) is 60.7 Å². The first-order valence-corrected chi connectivity index (χ1v) is 15.0. The van der Waals surface area contributed by atoms with E-state index in [1.165, 1.54) is 6.42 Å². The summed E-state index contributed by atoms with van der Waals surface area (Å²) in [6, 6.07) is 21.1. The molecule has 1 aliphatic rings. The highest BCUT2D eigenvalue weighted by Gasteiger charge is 2.40. The second-order valence-electron chi connectivity index (χ2n) is 8.96. The average molecular weight is 521 g/mol. The number of benzene rings is 2. The fourth-order valence-corrected chi connectivity index (χ4v) is 4.14. The van der Waals surface area contributed by atoms with Crippen molar-refractivity contribution in [2.75, 3.05) is 9.80 Å². The third-order valence-electron chi connectivity index (χ3n) is 5.50. The molecule has 0 N–H and O–H groups in total. The van der Waals surface area contributed by atoms with Crippen LogP contribution in [-0.2, 0) is 0 Å². The van der Waals surface area contributed by atoms with Crippen molar-refractivity contribution in [3.8, 4) is 0 Å². The quantitative estimate of drug-likeness (QED) is 0.335. The number of nitrogens with zero attached hydrogens (tertiary/aromatic N) is 4. The van der Waals surface area contributed by atoms with Crippen LogP contribution in [0.1, 0.15) is 126 Å². The molecule has 2 aromatic carbocycles. The molecule has 0 atom stereocenters. The maximum Gasteiger partial charge on any atom is 0.178 e. The topological polar surface area (TPSA) is 32.3 Å². The summed E-state index contributed by atoms with van der Waals surface area (Å²) in [5, 5.41) is 0. The van der Waals surface area contributed by atoms with Gasteiger partial charge in [0, 0.05) is 11.4 Å². The van der Waals surface area contributed by atoms with Crippen LogP contribution < -0.4 is 9.80 Å². The van der Waals surface area contributed by atoms with Crippen molar-refractivity contribution in [2.45, 2.75) is 121 Å². The number of rotatable bonds is 5. The van der Waals surface area contributed by atoms with E-state index in [-0.39, 0.29) is 6.17 Å². The summed E-state index contributed by atoms with van der Waals surface area (Å²) in [6.07, 6.45) is 2.34. The Hall–Kier alpha value is -2.88. The minimum Gasteiger partial charge on any atom is -0.302 e. The van der Waals surface area contributed by atoms with Crippen LogP contribution in [0, 0.1) is 0 Å². The van der Waals surface area contributed by atoms with Crippen LogP contribution >= 0.6 is 0 Å². The zero-order valence-electron chi connectivity index (χ0n) is 26.7. The Bertz CT molecular complexity index is 906. The van der Waals surface area contributed by atoms with E-state index in [0.717, 1.165) is 40.8 Å². The maximum atomic E-state index is 5.23. The van der Waals surface area contributed by atoms with Crippen LogP contribution in [0.3, 0.4) is 0 Å². The molecular formula is C34H56N4. The van der Waals surface area contributed by atoms with Gasteiger partial charge in [-0.15, -0.1) is 0 Å². The van der Waals surface area contributed by atoms with Gasteiger partial charge in [0.25, 0.3) is 0 Å². The molecule has 0 unspecified atom stereocenters. The summed E-state index contributed by atoms with van der Waals surface area (Å²) in [7, 11) is 0. The summed E-state index contributed by atoms with van der Waals surface area (Å²) in [6.45, 7) is 27.3. The van der Waals surface area contributed by atoms with Gasteiger partial charge in [-0.1, -0.05) is 133 Å². The van der Waals surface area contributed by atoms with Crippen LogP contribution in [-0.4, -0.2) is 16.1 Å². The SMILES string of the molecule is CC.CC.CC.CCC.CCC1N(c2ccccc2)c2nc(C(C)C)c(C(C)C)nc2N1c1ccccc1. The van der Waals surface area contributed by atoms with E-state index in [1.807, 2.05) is 41.5 Å². The first-order valence-electron chi connectivity index (χ1n) is 15.0. The molecule has 4 nitrogen and oxygen atoms in total. The van der Waals surface area contributed by atoms with Crippen molar-refractivity contribution >= 4 is 23.0 Å². The van der Waals surface area contributed by atoms with Gasteiger partial charge in [-0.2, -0.15) is 0 Å². The Labute approximate surface area is 235 Å². The van der Waals surface area contributed by atoms with Crippen molar-refractivity contribution in [2.24, 2.45) is 0 Å². The molecule has 3 aromatic rings. The minimum atomic E-state index is 0.136. The number of hydrogen-bond acceptors (Lipinski definition) is 4. The van der Waals surface area contributed by atoms with E-state index >= 15 is 0 Å². The molecule has 1 aliphatic heterocycles. The van der Waals surface area contributed by atoms with E-state index in [9.17, 15) is 0 Å². The van der Waals surface area contributed by atoms with Gasteiger partial charge in [0.05, 0.1) is 11.4 Å². The monoisotopic (exact) mass is 520 g/mol. The van der Waals surface area contributed by atoms with Crippen LogP contribution in [0.25, 0.3) is 0 Å². The highest BCUT2D eigenvalue weighted by molar-refractivity contribution is 5.83. The molecule has 0 saturated carbocycles. The lowest BCUT2D eigenvalue weighted by atomic mass is 10.0. The highest BCUT2D eigenvalue weighted by Crippen LogP contribution is 2.47. The third-order valence-corrected chi connectivity index (χ3v) is 5.50. The minimum absolute atomic E-state index is 0.136. The van der Waals surface area contributed by atoms with Gasteiger partial charge in [-0.05, 0) is 42.5 Å². The third kappa shape index (κ3) is 8.58. The molecule has 0 saturated heterocycles. The largest absolute Gasteiger partial charge is 0.302 e. The summed E-state index contributed by atoms with van der Waals surface area (Å²) in [4.78, 5) is 15.2.